The predicted molar refractivity (Wildman–Crippen MR) is 79.5 cm³/mol. The molecule has 0 aromatic carbocycles. The summed E-state index contributed by atoms with van der Waals surface area (Å²) in [5.74, 6) is -4.41. The van der Waals surface area contributed by atoms with Gasteiger partial charge in [-0.2, -0.15) is 0 Å². The summed E-state index contributed by atoms with van der Waals surface area (Å²) in [5, 5.41) is 81.6. The zero-order chi connectivity index (χ0) is 23.7. The molecule has 2 aliphatic rings. The Hall–Kier alpha value is 2.74. The van der Waals surface area contributed by atoms with Crippen LogP contribution < -0.4 is 104 Å². The topological polar surface area (TPSA) is 285 Å². The Labute approximate surface area is 268 Å². The molecule has 0 radical (unpaired) electrons. The predicted octanol–water partition coefficient (Wildman–Crippen LogP) is -18.4. The average Bonchev–Trinajstić information content (AvgIpc) is 2.69. The minimum Gasteiger partial charge on any atom is 1.00 e. The van der Waals surface area contributed by atoms with Crippen LogP contribution in [0.1, 0.15) is 0 Å². The molecule has 180 valence electrons. The van der Waals surface area contributed by atoms with Crippen molar-refractivity contribution in [2.75, 3.05) is 13.2 Å². The quantitative estimate of drug-likeness (QED) is 0.144. The minimum absolute atomic E-state index is 0. The van der Waals surface area contributed by atoms with E-state index in [-0.39, 0.29) is 88.7 Å². The Bertz CT molecular complexity index is 725. The van der Waals surface area contributed by atoms with E-state index in [9.17, 15) is 46.3 Å². The maximum atomic E-state index is 12.9. The van der Waals surface area contributed by atoms with E-state index in [1.807, 2.05) is 0 Å². The van der Waals surface area contributed by atoms with E-state index in [4.69, 9.17) is 13.2 Å². The van der Waals surface area contributed by atoms with E-state index in [1.54, 1.807) is 0 Å². The first-order valence-electron chi connectivity index (χ1n) is 8.26. The van der Waals surface area contributed by atoms with E-state index >= 15 is 0 Å². The summed E-state index contributed by atoms with van der Waals surface area (Å²) in [6, 6.07) is 0. The third-order valence-electron chi connectivity index (χ3n) is 4.05. The fourth-order valence-corrected chi connectivity index (χ4v) is 17.6. The van der Waals surface area contributed by atoms with Crippen molar-refractivity contribution in [1.82, 2.24) is 0 Å². The van der Waals surface area contributed by atoms with Gasteiger partial charge in [0.15, 0.2) is 0 Å². The number of hydrogen-bond donors (Lipinski definition) is 5. The van der Waals surface area contributed by atoms with Crippen LogP contribution in [0, 0.1) is 0 Å². The average molecular weight is 746 g/mol. The molecular weight excluding hydrogens is 729 g/mol. The fraction of sp³-hybridized carbons (Fsp3) is 0.833. The normalized spacial score (nSPS) is 39.4. The summed E-state index contributed by atoms with van der Waals surface area (Å²) >= 11 is -13.2. The van der Waals surface area contributed by atoms with Crippen molar-refractivity contribution < 1.29 is 159 Å². The molecule has 17 nitrogen and oxygen atoms in total. The van der Waals surface area contributed by atoms with Gasteiger partial charge in [-0.05, 0) is 0 Å². The number of aliphatic hydroxyl groups excluding tert-OH is 5. The third-order valence-corrected chi connectivity index (χ3v) is 18.5. The maximum Gasteiger partial charge on any atom is 1.00 e. The molecule has 0 bridgehead atoms. The Morgan fingerprint density at radius 2 is 1.21 bits per heavy atom. The Kier molecular flexibility index (Phi) is 18.4. The molecule has 0 aromatic heterocycles. The Morgan fingerprint density at radius 3 is 1.62 bits per heavy atom. The zero-order valence-electron chi connectivity index (χ0n) is 18.1. The number of aliphatic carboxylic acids is 2. The van der Waals surface area contributed by atoms with Crippen molar-refractivity contribution in [2.45, 2.75) is 48.8 Å². The van der Waals surface area contributed by atoms with Gasteiger partial charge in [-0.3, -0.25) is 0 Å². The van der Waals surface area contributed by atoms with Crippen LogP contribution >= 0.6 is 0 Å². The van der Waals surface area contributed by atoms with Crippen molar-refractivity contribution in [2.24, 2.45) is 0 Å². The van der Waals surface area contributed by atoms with Crippen LogP contribution in [0.15, 0.2) is 0 Å². The first kappa shape index (κ1) is 38.9. The molecule has 3 unspecified atom stereocenters. The van der Waals surface area contributed by atoms with Gasteiger partial charge < -0.3 is 0 Å². The second kappa shape index (κ2) is 16.1. The number of carboxylic acids is 2. The molecule has 2 fully saturated rings. The summed E-state index contributed by atoms with van der Waals surface area (Å²) in [5.41, 5.74) is 0. The van der Waals surface area contributed by atoms with Gasteiger partial charge in [0.1, 0.15) is 0 Å². The SMILES string of the molecule is O=C([O-])[C@@H]1[O][Sb](=[O])([O][Sb]2(=[O])[O]C([C@H](O)CO)[C@H]([O-])[C@H](C(=O)[O-])[O]2)[O][C@H]([C@H](O)CO)[C@@H]1O.[Na+].[Na+].[Na+]. The van der Waals surface area contributed by atoms with Crippen molar-refractivity contribution in [3.8, 4) is 0 Å². The van der Waals surface area contributed by atoms with Crippen LogP contribution in [-0.4, -0.2) is 140 Å². The van der Waals surface area contributed by atoms with Gasteiger partial charge in [0.05, 0.1) is 0 Å². The number of carbonyl (C=O) groups excluding carboxylic acids is 2. The zero-order valence-corrected chi connectivity index (χ0v) is 29.2. The molecule has 0 spiro atoms. The molecule has 2 aliphatic heterocycles. The van der Waals surface area contributed by atoms with E-state index in [2.05, 4.69) is 10.3 Å². The number of carbonyl (C=O) groups is 2. The molecule has 5 N–H and O–H groups in total. The minimum atomic E-state index is -6.61. The van der Waals surface area contributed by atoms with Crippen molar-refractivity contribution in [3.05, 3.63) is 0 Å². The van der Waals surface area contributed by atoms with Crippen molar-refractivity contribution in [1.29, 1.82) is 0 Å². The summed E-state index contributed by atoms with van der Waals surface area (Å²) in [6.45, 7) is -2.29. The standard InChI is InChI=1S/C6H10O7.C6H9O7.3Na.3O.2Sb/c2*7-1-2(8)3(9)4(10)5(11)6(12)13;;;;;;;;/h2-5,7-8,10H,1H2,(H,12,13);2-5,7-8H,1H2,(H,12,13);;;;;;;;/q-2;-3;3*+1;;;;2*+2/p-2/t2-,3-,4+,5-;2-,3?,4+,5-;;;;;;;;/m11......../s1. The fourth-order valence-electron chi connectivity index (χ4n) is 2.57. The van der Waals surface area contributed by atoms with Crippen LogP contribution in [0.2, 0.25) is 0 Å². The summed E-state index contributed by atoms with van der Waals surface area (Å²) in [7, 11) is 0. The van der Waals surface area contributed by atoms with Crippen LogP contribution in [-0.2, 0) is 29.0 Å². The van der Waals surface area contributed by atoms with Gasteiger partial charge in [0, 0.05) is 0 Å². The molecule has 10 atom stereocenters. The molecule has 34 heavy (non-hydrogen) atoms. The Morgan fingerprint density at radius 1 is 0.824 bits per heavy atom. The van der Waals surface area contributed by atoms with Gasteiger partial charge in [-0.15, -0.1) is 0 Å². The summed E-state index contributed by atoms with van der Waals surface area (Å²) < 4.78 is 48.7. The van der Waals surface area contributed by atoms with E-state index in [1.165, 1.54) is 0 Å². The van der Waals surface area contributed by atoms with Crippen molar-refractivity contribution in [3.63, 3.8) is 0 Å². The van der Waals surface area contributed by atoms with Crippen molar-refractivity contribution >= 4 is 52.0 Å². The largest absolute Gasteiger partial charge is 1.00 e. The third kappa shape index (κ3) is 9.43. The van der Waals surface area contributed by atoms with Gasteiger partial charge in [-0.25, -0.2) is 0 Å². The Balaban J connectivity index is 0. The molecule has 0 amide bonds. The van der Waals surface area contributed by atoms with Gasteiger partial charge in [0.2, 0.25) is 0 Å². The first-order chi connectivity index (χ1) is 14.3. The molecule has 2 saturated heterocycles. The molecule has 0 aromatic rings. The molecule has 0 saturated carbocycles. The summed E-state index contributed by atoms with van der Waals surface area (Å²) in [6.07, 6.45) is -18.3. The van der Waals surface area contributed by atoms with E-state index < -0.39 is 114 Å². The smallest absolute Gasteiger partial charge is 1.00 e. The van der Waals surface area contributed by atoms with Crippen LogP contribution in [0.5, 0.6) is 0 Å². The first-order valence-corrected chi connectivity index (χ1v) is 16.6. The van der Waals surface area contributed by atoms with Gasteiger partial charge >= 0.3 is 273 Å². The number of aliphatic hydroxyl groups is 5. The summed E-state index contributed by atoms with van der Waals surface area (Å²) in [4.78, 5) is 22.3. The van der Waals surface area contributed by atoms with Crippen LogP contribution in [0.25, 0.3) is 0 Å². The molecular formula is C12H17Na3O17Sb2. The molecule has 2 rings (SSSR count). The van der Waals surface area contributed by atoms with Gasteiger partial charge in [-0.1, -0.05) is 0 Å². The van der Waals surface area contributed by atoms with Crippen LogP contribution in [0.3, 0.4) is 0 Å². The van der Waals surface area contributed by atoms with Gasteiger partial charge in [0.25, 0.3) is 0 Å². The second-order valence-corrected chi connectivity index (χ2v) is 17.4. The number of carboxylic acid groups (broad SMARTS) is 2. The second-order valence-electron chi connectivity index (χ2n) is 6.26. The van der Waals surface area contributed by atoms with E-state index in [0.29, 0.717) is 0 Å². The molecule has 2 heterocycles. The van der Waals surface area contributed by atoms with Crippen LogP contribution in [0.4, 0.5) is 0 Å². The number of rotatable bonds is 8. The maximum absolute atomic E-state index is 12.9. The van der Waals surface area contributed by atoms with E-state index in [0.717, 1.165) is 0 Å². The number of hydrogen-bond acceptors (Lipinski definition) is 17. The monoisotopic (exact) mass is 744 g/mol. The molecule has 0 aliphatic carbocycles. The molecule has 22 heteroatoms.